The number of halogens is 1. The summed E-state index contributed by atoms with van der Waals surface area (Å²) in [6, 6.07) is 3.67. The molecule has 36 heavy (non-hydrogen) atoms. The number of anilines is 1. The molecule has 2 aliphatic heterocycles. The number of H-pyrrole nitrogens is 1. The lowest BCUT2D eigenvalue weighted by molar-refractivity contribution is -0.136. The minimum absolute atomic E-state index is 0.0567. The normalized spacial score (nSPS) is 21.3. The van der Waals surface area contributed by atoms with E-state index in [0.29, 0.717) is 41.3 Å². The lowest BCUT2D eigenvalue weighted by Gasteiger charge is -2.38. The van der Waals surface area contributed by atoms with Gasteiger partial charge in [-0.25, -0.2) is 14.4 Å². The maximum atomic E-state index is 13.2. The number of nitrogens with zero attached hydrogens (tertiary/aromatic N) is 6. The second-order valence-corrected chi connectivity index (χ2v) is 9.46. The molecule has 3 N–H and O–H groups in total. The molecule has 1 amide bonds. The topological polar surface area (TPSA) is 135 Å². The highest BCUT2D eigenvalue weighted by Crippen LogP contribution is 2.44. The number of amides is 1. The molecule has 4 aromatic rings. The predicted molar refractivity (Wildman–Crippen MR) is 130 cm³/mol. The van der Waals surface area contributed by atoms with E-state index >= 15 is 0 Å². The van der Waals surface area contributed by atoms with Gasteiger partial charge in [-0.15, -0.1) is 0 Å². The van der Waals surface area contributed by atoms with E-state index in [2.05, 4.69) is 20.1 Å². The molecule has 2 aliphatic rings. The average Bonchev–Trinajstić information content (AvgIpc) is 3.62. The number of rotatable bonds is 5. The first-order chi connectivity index (χ1) is 17.5. The standard InChI is InChI=1S/C25H25FN8O2/c1-13(35)21-22(15-8-16-3-4-17(9-15)33(16)20(36)10-26)32-25-18(12-31-34(25)23(21)27)14-2-5-19(30-11-14)24-28-6-7-29-24/h2,5-7,11-12,15-17H,3-4,8-10,27H2,1H3,(H,28,29)/t15-,16+,17-. The number of carbonyl (C=O) groups excluding carboxylic acids is 2. The quantitative estimate of drug-likeness (QED) is 0.412. The van der Waals surface area contributed by atoms with E-state index in [1.165, 1.54) is 11.4 Å². The van der Waals surface area contributed by atoms with Crippen molar-refractivity contribution in [3.05, 3.63) is 48.2 Å². The molecule has 10 nitrogen and oxygen atoms in total. The summed E-state index contributed by atoms with van der Waals surface area (Å²) in [5.74, 6) is 0.194. The summed E-state index contributed by atoms with van der Waals surface area (Å²) in [4.78, 5) is 43.3. The number of aromatic nitrogens is 6. The molecule has 0 aromatic carbocycles. The highest BCUT2D eigenvalue weighted by Gasteiger charge is 2.44. The number of fused-ring (bicyclic) bond motifs is 3. The number of nitrogen functional groups attached to an aromatic ring is 1. The van der Waals surface area contributed by atoms with Crippen molar-refractivity contribution in [2.75, 3.05) is 12.4 Å². The fourth-order valence-corrected chi connectivity index (χ4v) is 5.87. The second-order valence-electron chi connectivity index (χ2n) is 9.46. The Morgan fingerprint density at radius 1 is 1.17 bits per heavy atom. The van der Waals surface area contributed by atoms with Crippen LogP contribution in [0.1, 0.15) is 54.6 Å². The van der Waals surface area contributed by atoms with E-state index in [1.54, 1.807) is 29.7 Å². The van der Waals surface area contributed by atoms with Gasteiger partial charge in [0.1, 0.15) is 11.5 Å². The number of nitrogens with two attached hydrogens (primary N) is 1. The summed E-state index contributed by atoms with van der Waals surface area (Å²) >= 11 is 0. The van der Waals surface area contributed by atoms with Crippen LogP contribution in [-0.2, 0) is 4.79 Å². The molecule has 2 saturated heterocycles. The van der Waals surface area contributed by atoms with Crippen LogP contribution >= 0.6 is 0 Å². The van der Waals surface area contributed by atoms with Gasteiger partial charge in [0, 0.05) is 47.7 Å². The van der Waals surface area contributed by atoms with Gasteiger partial charge in [0.2, 0.25) is 0 Å². The van der Waals surface area contributed by atoms with Crippen molar-refractivity contribution in [3.63, 3.8) is 0 Å². The Balaban J connectivity index is 1.42. The van der Waals surface area contributed by atoms with Crippen molar-refractivity contribution in [2.24, 2.45) is 0 Å². The largest absolute Gasteiger partial charge is 0.383 e. The maximum Gasteiger partial charge on any atom is 0.254 e. The zero-order valence-corrected chi connectivity index (χ0v) is 19.7. The minimum Gasteiger partial charge on any atom is -0.383 e. The van der Waals surface area contributed by atoms with Gasteiger partial charge in [-0.2, -0.15) is 9.61 Å². The SMILES string of the molecule is CC(=O)c1c([C@H]2C[C@H]3CC[C@@H](C2)N3C(=O)CF)nc2c(-c3ccc(-c4ncc[nH]4)nc3)cnn2c1N. The number of pyridine rings is 1. The lowest BCUT2D eigenvalue weighted by atomic mass is 9.85. The Morgan fingerprint density at radius 2 is 1.94 bits per heavy atom. The highest BCUT2D eigenvalue weighted by molar-refractivity contribution is 6.00. The van der Waals surface area contributed by atoms with Crippen LogP contribution in [-0.4, -0.2) is 64.9 Å². The fraction of sp³-hybridized carbons (Fsp3) is 0.360. The Hall–Kier alpha value is -4.15. The van der Waals surface area contributed by atoms with Crippen molar-refractivity contribution >= 4 is 23.2 Å². The van der Waals surface area contributed by atoms with E-state index in [9.17, 15) is 14.0 Å². The van der Waals surface area contributed by atoms with Gasteiger partial charge in [-0.05, 0) is 38.7 Å². The molecular formula is C25H25FN8O2. The van der Waals surface area contributed by atoms with Crippen LogP contribution in [0.3, 0.4) is 0 Å². The Morgan fingerprint density at radius 3 is 2.56 bits per heavy atom. The van der Waals surface area contributed by atoms with Gasteiger partial charge in [0.25, 0.3) is 5.91 Å². The zero-order valence-electron chi connectivity index (χ0n) is 19.7. The van der Waals surface area contributed by atoms with E-state index in [0.717, 1.165) is 24.0 Å². The average molecular weight is 489 g/mol. The molecule has 0 unspecified atom stereocenters. The number of hydrogen-bond acceptors (Lipinski definition) is 7. The summed E-state index contributed by atoms with van der Waals surface area (Å²) in [6.07, 6.45) is 9.69. The smallest absolute Gasteiger partial charge is 0.254 e. The molecule has 6 rings (SSSR count). The third-order valence-electron chi connectivity index (χ3n) is 7.40. The molecule has 4 aromatic heterocycles. The number of ketones is 1. The van der Waals surface area contributed by atoms with Crippen LogP contribution in [0.5, 0.6) is 0 Å². The van der Waals surface area contributed by atoms with Gasteiger partial charge >= 0.3 is 0 Å². The van der Waals surface area contributed by atoms with Crippen LogP contribution < -0.4 is 5.73 Å². The van der Waals surface area contributed by atoms with Gasteiger partial charge in [0.05, 0.1) is 17.5 Å². The van der Waals surface area contributed by atoms with Crippen LogP contribution in [0.25, 0.3) is 28.3 Å². The first kappa shape index (κ1) is 22.3. The molecule has 0 aliphatic carbocycles. The predicted octanol–water partition coefficient (Wildman–Crippen LogP) is 3.17. The fourth-order valence-electron chi connectivity index (χ4n) is 5.87. The molecule has 6 heterocycles. The maximum absolute atomic E-state index is 13.2. The van der Waals surface area contributed by atoms with Crippen molar-refractivity contribution in [2.45, 2.75) is 50.6 Å². The molecule has 2 fully saturated rings. The number of aromatic amines is 1. The van der Waals surface area contributed by atoms with Crippen molar-refractivity contribution < 1.29 is 14.0 Å². The third-order valence-corrected chi connectivity index (χ3v) is 7.40. The van der Waals surface area contributed by atoms with Gasteiger partial charge < -0.3 is 15.6 Å². The summed E-state index contributed by atoms with van der Waals surface area (Å²) in [5, 5.41) is 4.42. The van der Waals surface area contributed by atoms with Gasteiger partial charge in [-0.3, -0.25) is 14.6 Å². The summed E-state index contributed by atoms with van der Waals surface area (Å²) < 4.78 is 14.6. The zero-order chi connectivity index (χ0) is 25.0. The van der Waals surface area contributed by atoms with E-state index in [1.807, 2.05) is 12.1 Å². The molecule has 0 radical (unpaired) electrons. The number of Topliss-reactive ketones (excluding diaryl/α,β-unsaturated/α-hetero) is 1. The Kier molecular flexibility index (Phi) is 5.27. The molecule has 3 atom stereocenters. The number of imidazole rings is 1. The van der Waals surface area contributed by atoms with E-state index in [4.69, 9.17) is 10.7 Å². The summed E-state index contributed by atoms with van der Waals surface area (Å²) in [7, 11) is 0. The highest BCUT2D eigenvalue weighted by atomic mass is 19.1. The number of hydrogen-bond donors (Lipinski definition) is 2. The lowest BCUT2D eigenvalue weighted by Crippen LogP contribution is -2.47. The number of carbonyl (C=O) groups is 2. The number of piperidine rings is 1. The van der Waals surface area contributed by atoms with Crippen LogP contribution in [0, 0.1) is 0 Å². The van der Waals surface area contributed by atoms with E-state index < -0.39 is 12.6 Å². The summed E-state index contributed by atoms with van der Waals surface area (Å²) in [5.41, 5.74) is 10.3. The van der Waals surface area contributed by atoms with E-state index in [-0.39, 0.29) is 29.6 Å². The molecular weight excluding hydrogens is 463 g/mol. The van der Waals surface area contributed by atoms with Crippen molar-refractivity contribution in [3.8, 4) is 22.6 Å². The first-order valence-electron chi connectivity index (χ1n) is 12.0. The van der Waals surface area contributed by atoms with Gasteiger partial charge in [-0.1, -0.05) is 6.07 Å². The molecule has 184 valence electrons. The van der Waals surface area contributed by atoms with Crippen molar-refractivity contribution in [1.29, 1.82) is 0 Å². The monoisotopic (exact) mass is 488 g/mol. The first-order valence-corrected chi connectivity index (χ1v) is 12.0. The molecule has 2 bridgehead atoms. The molecule has 11 heteroatoms. The van der Waals surface area contributed by atoms with Gasteiger partial charge in [0.15, 0.2) is 23.9 Å². The molecule has 0 saturated carbocycles. The van der Waals surface area contributed by atoms with Crippen LogP contribution in [0.4, 0.5) is 10.2 Å². The molecule has 0 spiro atoms. The minimum atomic E-state index is -0.987. The number of alkyl halides is 1. The van der Waals surface area contributed by atoms with Crippen LogP contribution in [0.15, 0.2) is 36.9 Å². The Bertz CT molecular complexity index is 1450. The van der Waals surface area contributed by atoms with Crippen LogP contribution in [0.2, 0.25) is 0 Å². The number of nitrogens with one attached hydrogen (secondary N) is 1. The Labute approximate surface area is 205 Å². The summed E-state index contributed by atoms with van der Waals surface area (Å²) in [6.45, 7) is 0.486. The third kappa shape index (κ3) is 3.45. The second kappa shape index (κ2) is 8.51. The van der Waals surface area contributed by atoms with Crippen molar-refractivity contribution in [1.82, 2.24) is 34.4 Å².